The summed E-state index contributed by atoms with van der Waals surface area (Å²) >= 11 is 6.85. The fourth-order valence-electron chi connectivity index (χ4n) is 3.36. The number of benzene rings is 1. The molecule has 0 aromatic heterocycles. The van der Waals surface area contributed by atoms with Crippen LogP contribution in [-0.4, -0.2) is 52.6 Å². The van der Waals surface area contributed by atoms with Crippen LogP contribution in [0.2, 0.25) is 5.02 Å². The van der Waals surface area contributed by atoms with Crippen molar-refractivity contribution in [1.29, 1.82) is 0 Å². The minimum atomic E-state index is -0.499. The standard InChI is InChI=1S/C21H21ClN2O4S/c1-3-10-28-17-8-7-16(22)11-15(17)12-18-20(26)24(21(27)29-18)13-19(25)23-9-5-4-6-14(23)2/h1,7-8,11-12,14H,4-6,9-10,13H2,2H3/b18-12-/t14-/m0/s1. The molecule has 2 aliphatic heterocycles. The van der Waals surface area contributed by atoms with E-state index in [4.69, 9.17) is 22.8 Å². The van der Waals surface area contributed by atoms with Gasteiger partial charge in [0, 0.05) is 23.2 Å². The Morgan fingerprint density at radius 2 is 2.21 bits per heavy atom. The molecule has 1 aromatic rings. The first-order chi connectivity index (χ1) is 13.9. The van der Waals surface area contributed by atoms with Crippen molar-refractivity contribution >= 4 is 46.5 Å². The molecular weight excluding hydrogens is 412 g/mol. The third kappa shape index (κ3) is 4.95. The molecule has 2 aliphatic rings. The number of hydrogen-bond acceptors (Lipinski definition) is 5. The Morgan fingerprint density at radius 3 is 2.93 bits per heavy atom. The molecule has 0 saturated carbocycles. The quantitative estimate of drug-likeness (QED) is 0.523. The molecule has 3 amide bonds. The van der Waals surface area contributed by atoms with Crippen LogP contribution in [0.5, 0.6) is 5.75 Å². The number of halogens is 1. The number of nitrogens with zero attached hydrogens (tertiary/aromatic N) is 2. The van der Waals surface area contributed by atoms with Crippen molar-refractivity contribution in [2.75, 3.05) is 19.7 Å². The molecule has 2 saturated heterocycles. The highest BCUT2D eigenvalue weighted by Crippen LogP contribution is 2.35. The SMILES string of the molecule is C#CCOc1ccc(Cl)cc1/C=C1\SC(=O)N(CC(=O)N2CCCC[C@@H]2C)C1=O. The third-order valence-corrected chi connectivity index (χ3v) is 6.00. The van der Waals surface area contributed by atoms with Crippen molar-refractivity contribution < 1.29 is 19.1 Å². The maximum absolute atomic E-state index is 12.8. The van der Waals surface area contributed by atoms with Crippen LogP contribution in [-0.2, 0) is 9.59 Å². The Labute approximate surface area is 179 Å². The van der Waals surface area contributed by atoms with Crippen LogP contribution in [0, 0.1) is 12.3 Å². The largest absolute Gasteiger partial charge is 0.480 e. The van der Waals surface area contributed by atoms with Gasteiger partial charge in [-0.05, 0) is 62.2 Å². The van der Waals surface area contributed by atoms with Gasteiger partial charge in [0.05, 0.1) is 4.91 Å². The lowest BCUT2D eigenvalue weighted by Crippen LogP contribution is -2.47. The number of imide groups is 1. The second-order valence-corrected chi connectivity index (χ2v) is 8.30. The Balaban J connectivity index is 1.77. The lowest BCUT2D eigenvalue weighted by atomic mass is 10.0. The van der Waals surface area contributed by atoms with E-state index in [1.54, 1.807) is 23.1 Å². The first-order valence-corrected chi connectivity index (χ1v) is 10.5. The molecule has 2 fully saturated rings. The van der Waals surface area contributed by atoms with Crippen molar-refractivity contribution in [2.24, 2.45) is 0 Å². The van der Waals surface area contributed by atoms with Crippen LogP contribution in [0.4, 0.5) is 4.79 Å². The summed E-state index contributed by atoms with van der Waals surface area (Å²) < 4.78 is 5.48. The van der Waals surface area contributed by atoms with Crippen LogP contribution in [0.3, 0.4) is 0 Å². The number of amides is 3. The van der Waals surface area contributed by atoms with E-state index >= 15 is 0 Å². The van der Waals surface area contributed by atoms with Gasteiger partial charge >= 0.3 is 0 Å². The van der Waals surface area contributed by atoms with E-state index in [1.807, 2.05) is 6.92 Å². The fraction of sp³-hybridized carbons (Fsp3) is 0.381. The van der Waals surface area contributed by atoms with Crippen LogP contribution in [0.1, 0.15) is 31.7 Å². The van der Waals surface area contributed by atoms with Crippen LogP contribution in [0.15, 0.2) is 23.1 Å². The van der Waals surface area contributed by atoms with E-state index in [-0.39, 0.29) is 30.0 Å². The van der Waals surface area contributed by atoms with Crippen LogP contribution < -0.4 is 4.74 Å². The van der Waals surface area contributed by atoms with Crippen molar-refractivity contribution in [3.8, 4) is 18.1 Å². The zero-order chi connectivity index (χ0) is 21.0. The van der Waals surface area contributed by atoms with Gasteiger partial charge in [0.25, 0.3) is 11.1 Å². The summed E-state index contributed by atoms with van der Waals surface area (Å²) in [6.45, 7) is 2.46. The number of carbonyl (C=O) groups excluding carboxylic acids is 3. The monoisotopic (exact) mass is 432 g/mol. The van der Waals surface area contributed by atoms with Gasteiger partial charge in [-0.2, -0.15) is 0 Å². The van der Waals surface area contributed by atoms with Crippen LogP contribution in [0.25, 0.3) is 6.08 Å². The molecule has 1 aromatic carbocycles. The normalized spacial score (nSPS) is 20.9. The van der Waals surface area contributed by atoms with E-state index in [0.717, 1.165) is 35.9 Å². The molecule has 2 heterocycles. The minimum Gasteiger partial charge on any atom is -0.480 e. The van der Waals surface area contributed by atoms with Gasteiger partial charge in [-0.25, -0.2) is 0 Å². The molecule has 0 unspecified atom stereocenters. The smallest absolute Gasteiger partial charge is 0.294 e. The van der Waals surface area contributed by atoms with E-state index in [9.17, 15) is 14.4 Å². The maximum Gasteiger partial charge on any atom is 0.294 e. The van der Waals surface area contributed by atoms with Gasteiger partial charge in [0.2, 0.25) is 5.91 Å². The summed E-state index contributed by atoms with van der Waals surface area (Å²) in [6.07, 6.45) is 9.73. The molecule has 0 radical (unpaired) electrons. The van der Waals surface area contributed by atoms with E-state index < -0.39 is 11.1 Å². The average molecular weight is 433 g/mol. The van der Waals surface area contributed by atoms with Gasteiger partial charge in [-0.1, -0.05) is 17.5 Å². The van der Waals surface area contributed by atoms with E-state index in [1.165, 1.54) is 6.08 Å². The number of likely N-dealkylation sites (tertiary alicyclic amines) is 1. The van der Waals surface area contributed by atoms with Gasteiger partial charge in [-0.3, -0.25) is 19.3 Å². The molecule has 0 N–H and O–H groups in total. The maximum atomic E-state index is 12.8. The first-order valence-electron chi connectivity index (χ1n) is 9.31. The summed E-state index contributed by atoms with van der Waals surface area (Å²) in [5.74, 6) is 2.13. The zero-order valence-corrected chi connectivity index (χ0v) is 17.6. The highest BCUT2D eigenvalue weighted by atomic mass is 35.5. The summed E-state index contributed by atoms with van der Waals surface area (Å²) in [5.41, 5.74) is 0.536. The Bertz CT molecular complexity index is 908. The summed E-state index contributed by atoms with van der Waals surface area (Å²) in [4.78, 5) is 40.7. The van der Waals surface area contributed by atoms with Crippen molar-refractivity contribution in [3.63, 3.8) is 0 Å². The second kappa shape index (κ2) is 9.38. The predicted molar refractivity (Wildman–Crippen MR) is 113 cm³/mol. The number of terminal acetylenes is 1. The van der Waals surface area contributed by atoms with Gasteiger partial charge < -0.3 is 9.64 Å². The van der Waals surface area contributed by atoms with Crippen molar-refractivity contribution in [1.82, 2.24) is 9.80 Å². The van der Waals surface area contributed by atoms with Gasteiger partial charge in [0.15, 0.2) is 0 Å². The summed E-state index contributed by atoms with van der Waals surface area (Å²) in [5, 5.41) is -0.00909. The molecule has 8 heteroatoms. The average Bonchev–Trinajstić information content (AvgIpc) is 2.95. The molecule has 0 aliphatic carbocycles. The van der Waals surface area contributed by atoms with Crippen molar-refractivity contribution in [2.45, 2.75) is 32.2 Å². The van der Waals surface area contributed by atoms with Gasteiger partial charge in [-0.15, -0.1) is 6.42 Å². The number of thioether (sulfide) groups is 1. The molecule has 0 spiro atoms. The van der Waals surface area contributed by atoms with Gasteiger partial charge in [0.1, 0.15) is 18.9 Å². The number of rotatable bonds is 5. The zero-order valence-electron chi connectivity index (χ0n) is 16.0. The molecule has 29 heavy (non-hydrogen) atoms. The molecule has 152 valence electrons. The molecule has 3 rings (SSSR count). The summed E-state index contributed by atoms with van der Waals surface area (Å²) in [7, 11) is 0. The Morgan fingerprint density at radius 1 is 1.41 bits per heavy atom. The number of hydrogen-bond donors (Lipinski definition) is 0. The third-order valence-electron chi connectivity index (χ3n) is 4.86. The van der Waals surface area contributed by atoms with E-state index in [2.05, 4.69) is 5.92 Å². The minimum absolute atomic E-state index is 0.0620. The molecule has 1 atom stereocenters. The highest BCUT2D eigenvalue weighted by Gasteiger charge is 2.38. The first kappa shape index (κ1) is 21.3. The van der Waals surface area contributed by atoms with E-state index in [0.29, 0.717) is 22.9 Å². The fourth-order valence-corrected chi connectivity index (χ4v) is 4.36. The second-order valence-electron chi connectivity index (χ2n) is 6.87. The number of piperidine rings is 1. The predicted octanol–water partition coefficient (Wildman–Crippen LogP) is 3.79. The Hall–Kier alpha value is -2.43. The molecular formula is C21H21ClN2O4S. The lowest BCUT2D eigenvalue weighted by Gasteiger charge is -2.34. The van der Waals surface area contributed by atoms with Crippen LogP contribution >= 0.6 is 23.4 Å². The number of ether oxygens (including phenoxy) is 1. The lowest BCUT2D eigenvalue weighted by molar-refractivity contribution is -0.138. The number of carbonyl (C=O) groups is 3. The Kier molecular flexibility index (Phi) is 6.88. The topological polar surface area (TPSA) is 66.9 Å². The van der Waals surface area contributed by atoms with Crippen molar-refractivity contribution in [3.05, 3.63) is 33.7 Å². The summed E-state index contributed by atoms with van der Waals surface area (Å²) in [6, 6.07) is 5.04. The highest BCUT2D eigenvalue weighted by molar-refractivity contribution is 8.18. The molecule has 0 bridgehead atoms. The molecule has 6 nitrogen and oxygen atoms in total.